The Bertz CT molecular complexity index is 1300. The van der Waals surface area contributed by atoms with E-state index in [2.05, 4.69) is 10.6 Å². The Labute approximate surface area is 316 Å². The lowest BCUT2D eigenvalue weighted by Gasteiger charge is -2.33. The minimum atomic E-state index is -4.63. The summed E-state index contributed by atoms with van der Waals surface area (Å²) in [6.07, 6.45) is 0.791. The molecule has 0 aliphatic carbocycles. The highest BCUT2D eigenvalue weighted by Gasteiger charge is 2.29. The van der Waals surface area contributed by atoms with Crippen molar-refractivity contribution in [2.45, 2.75) is 105 Å². The summed E-state index contributed by atoms with van der Waals surface area (Å²) in [5.41, 5.74) is 4.05. The van der Waals surface area contributed by atoms with Crippen molar-refractivity contribution in [3.05, 3.63) is 0 Å². The van der Waals surface area contributed by atoms with Gasteiger partial charge in [0.25, 0.3) is 10.1 Å². The van der Waals surface area contributed by atoms with Gasteiger partial charge in [-0.1, -0.05) is 13.8 Å². The van der Waals surface area contributed by atoms with E-state index >= 15 is 0 Å². The van der Waals surface area contributed by atoms with Crippen LogP contribution in [0, 0.1) is 11.8 Å². The first-order valence-electron chi connectivity index (χ1n) is 18.4. The molecular formula is C35H66N6O11S. The number of nitrogens with zero attached hydrogens (tertiary/aromatic N) is 3. The first kappa shape index (κ1) is 48.1. The number of hydrogen-bond donors (Lipinski definition) is 4. The Morgan fingerprint density at radius 2 is 1.23 bits per heavy atom. The Morgan fingerprint density at radius 1 is 0.774 bits per heavy atom. The molecule has 0 aromatic rings. The van der Waals surface area contributed by atoms with E-state index in [1.807, 2.05) is 30.6 Å². The fraction of sp³-hybridized carbons (Fsp3) is 0.857. The Morgan fingerprint density at radius 3 is 1.64 bits per heavy atom. The number of amides is 2. The zero-order chi connectivity index (χ0) is 40.6. The average molecular weight is 779 g/mol. The molecule has 1 aliphatic heterocycles. The van der Waals surface area contributed by atoms with Crippen LogP contribution >= 0.6 is 0 Å². The molecule has 1 fully saturated rings. The van der Waals surface area contributed by atoms with E-state index < -0.39 is 56.9 Å². The summed E-state index contributed by atoms with van der Waals surface area (Å²) in [7, 11) is -4.63. The SMILES string of the molecule is CC(C)C(C)OC(=O)CC1CCN(CC(=O)NC(CS(=O)(=O)O)C(=O)NCCN)CCN(CC(=O)OC(C)(C)C)CCN(CC(=O)OC(C)(C)C)CC1. The molecule has 3 atom stereocenters. The van der Waals surface area contributed by atoms with Crippen molar-refractivity contribution in [3.8, 4) is 0 Å². The second-order valence-corrected chi connectivity index (χ2v) is 17.5. The lowest BCUT2D eigenvalue weighted by Crippen LogP contribution is -2.53. The predicted octanol–water partition coefficient (Wildman–Crippen LogP) is 0.411. The number of ether oxygens (including phenoxy) is 3. The molecule has 0 aromatic carbocycles. The molecule has 5 N–H and O–H groups in total. The Kier molecular flexibility index (Phi) is 20.4. The van der Waals surface area contributed by atoms with Gasteiger partial charge in [-0.05, 0) is 86.2 Å². The molecule has 3 unspecified atom stereocenters. The highest BCUT2D eigenvalue weighted by Crippen LogP contribution is 2.19. The third-order valence-corrected chi connectivity index (χ3v) is 9.02. The standard InChI is InChI=1S/C35H66N6O11S/c1-25(2)26(3)50-30(43)20-27-10-14-39(21-29(42)38-28(24-53(47,48)49)33(46)37-13-12-36)16-18-41(23-32(45)52-35(7,8)9)19-17-40(15-11-27)22-31(44)51-34(4,5)6/h25-28H,10-24,36H2,1-9H3,(H,37,46)(H,38,42)(H,47,48,49). The molecule has 1 rings (SSSR count). The molecule has 17 nitrogen and oxygen atoms in total. The fourth-order valence-corrected chi connectivity index (χ4v) is 6.01. The van der Waals surface area contributed by atoms with E-state index in [9.17, 15) is 36.9 Å². The molecule has 1 heterocycles. The van der Waals surface area contributed by atoms with Crippen LogP contribution in [0.2, 0.25) is 0 Å². The molecule has 0 saturated carbocycles. The topological polar surface area (TPSA) is 227 Å². The summed E-state index contributed by atoms with van der Waals surface area (Å²) in [5, 5.41) is 4.84. The zero-order valence-electron chi connectivity index (χ0n) is 33.3. The van der Waals surface area contributed by atoms with Gasteiger partial charge in [0, 0.05) is 45.7 Å². The summed E-state index contributed by atoms with van der Waals surface area (Å²) in [6, 6.07) is -1.57. The second kappa shape index (κ2) is 22.5. The predicted molar refractivity (Wildman–Crippen MR) is 199 cm³/mol. The van der Waals surface area contributed by atoms with Crippen LogP contribution in [0.4, 0.5) is 0 Å². The number of nitrogens with one attached hydrogen (secondary N) is 2. The molecule has 0 bridgehead atoms. The number of esters is 3. The second-order valence-electron chi connectivity index (χ2n) is 16.0. The normalized spacial score (nSPS) is 18.9. The smallest absolute Gasteiger partial charge is 0.320 e. The lowest BCUT2D eigenvalue weighted by atomic mass is 9.96. The van der Waals surface area contributed by atoms with Gasteiger partial charge in [0.05, 0.1) is 19.6 Å². The minimum absolute atomic E-state index is 0.00891. The van der Waals surface area contributed by atoms with Crippen LogP contribution in [0.15, 0.2) is 0 Å². The molecular weight excluding hydrogens is 712 g/mol. The number of carbonyl (C=O) groups is 5. The maximum absolute atomic E-state index is 13.3. The summed E-state index contributed by atoms with van der Waals surface area (Å²) < 4.78 is 49.6. The van der Waals surface area contributed by atoms with Crippen molar-refractivity contribution in [3.63, 3.8) is 0 Å². The average Bonchev–Trinajstić information content (AvgIpc) is 2.97. The number of hydrogen-bond acceptors (Lipinski definition) is 14. The van der Waals surface area contributed by atoms with Crippen LogP contribution in [0.3, 0.4) is 0 Å². The maximum atomic E-state index is 13.3. The zero-order valence-corrected chi connectivity index (χ0v) is 34.1. The van der Waals surface area contributed by atoms with Crippen molar-refractivity contribution in [2.75, 3.05) is 77.7 Å². The molecule has 18 heteroatoms. The van der Waals surface area contributed by atoms with E-state index in [-0.39, 0.29) is 69.6 Å². The number of carbonyl (C=O) groups excluding carboxylic acids is 5. The third kappa shape index (κ3) is 23.5. The van der Waals surface area contributed by atoms with E-state index in [1.165, 1.54) is 0 Å². The van der Waals surface area contributed by atoms with Gasteiger partial charge in [-0.25, -0.2) is 0 Å². The molecule has 2 amide bonds. The van der Waals surface area contributed by atoms with Crippen molar-refractivity contribution in [1.29, 1.82) is 0 Å². The van der Waals surface area contributed by atoms with Gasteiger partial charge in [0.15, 0.2) is 0 Å². The fourth-order valence-electron chi connectivity index (χ4n) is 5.35. The minimum Gasteiger partial charge on any atom is -0.462 e. The quantitative estimate of drug-likeness (QED) is 0.0946. The molecule has 0 radical (unpaired) electrons. The van der Waals surface area contributed by atoms with E-state index in [0.29, 0.717) is 45.6 Å². The van der Waals surface area contributed by atoms with Crippen molar-refractivity contribution in [1.82, 2.24) is 25.3 Å². The molecule has 0 spiro atoms. The van der Waals surface area contributed by atoms with Crippen LogP contribution in [0.25, 0.3) is 0 Å². The number of rotatable bonds is 16. The van der Waals surface area contributed by atoms with E-state index in [0.717, 1.165) is 0 Å². The van der Waals surface area contributed by atoms with Gasteiger partial charge in [0.2, 0.25) is 11.8 Å². The van der Waals surface area contributed by atoms with Gasteiger partial charge in [-0.2, -0.15) is 8.42 Å². The van der Waals surface area contributed by atoms with Crippen molar-refractivity contribution in [2.24, 2.45) is 17.6 Å². The highest BCUT2D eigenvalue weighted by atomic mass is 32.2. The number of nitrogens with two attached hydrogens (primary N) is 1. The van der Waals surface area contributed by atoms with Gasteiger partial charge < -0.3 is 30.6 Å². The molecule has 1 aliphatic rings. The summed E-state index contributed by atoms with van der Waals surface area (Å²) in [5.74, 6) is -3.78. The van der Waals surface area contributed by atoms with Crippen LogP contribution in [-0.4, -0.2) is 158 Å². The van der Waals surface area contributed by atoms with Gasteiger partial charge in [-0.15, -0.1) is 0 Å². The molecule has 308 valence electrons. The molecule has 1 saturated heterocycles. The largest absolute Gasteiger partial charge is 0.462 e. The van der Waals surface area contributed by atoms with E-state index in [4.69, 9.17) is 19.9 Å². The maximum Gasteiger partial charge on any atom is 0.320 e. The van der Waals surface area contributed by atoms with Crippen molar-refractivity contribution >= 4 is 39.8 Å². The summed E-state index contributed by atoms with van der Waals surface area (Å²) in [4.78, 5) is 70.4. The first-order chi connectivity index (χ1) is 24.4. The molecule has 0 aromatic heterocycles. The molecule has 53 heavy (non-hydrogen) atoms. The van der Waals surface area contributed by atoms with Crippen LogP contribution in [-0.2, 0) is 48.3 Å². The summed E-state index contributed by atoms with van der Waals surface area (Å²) >= 11 is 0. The highest BCUT2D eigenvalue weighted by molar-refractivity contribution is 7.85. The van der Waals surface area contributed by atoms with Crippen molar-refractivity contribution < 1.29 is 51.2 Å². The Hall–Kier alpha value is -2.90. The monoisotopic (exact) mass is 778 g/mol. The van der Waals surface area contributed by atoms with E-state index in [1.54, 1.807) is 46.4 Å². The van der Waals surface area contributed by atoms with Crippen LogP contribution in [0.1, 0.15) is 81.6 Å². The summed E-state index contributed by atoms with van der Waals surface area (Å²) in [6.45, 7) is 18.3. The van der Waals surface area contributed by atoms with Gasteiger partial charge in [-0.3, -0.25) is 43.2 Å². The third-order valence-electron chi connectivity index (χ3n) is 8.27. The van der Waals surface area contributed by atoms with Crippen LogP contribution in [0.5, 0.6) is 0 Å². The lowest BCUT2D eigenvalue weighted by molar-refractivity contribution is -0.158. The Balaban J connectivity index is 3.38. The van der Waals surface area contributed by atoms with Gasteiger partial charge >= 0.3 is 17.9 Å². The first-order valence-corrected chi connectivity index (χ1v) is 20.0. The van der Waals surface area contributed by atoms with Crippen LogP contribution < -0.4 is 16.4 Å². The van der Waals surface area contributed by atoms with Gasteiger partial charge in [0.1, 0.15) is 29.1 Å².